The molecule has 20 heavy (non-hydrogen) atoms. The zero-order valence-electron chi connectivity index (χ0n) is 12.3. The zero-order chi connectivity index (χ0) is 14.5. The number of furan rings is 1. The lowest BCUT2D eigenvalue weighted by atomic mass is 10.0. The summed E-state index contributed by atoms with van der Waals surface area (Å²) < 4.78 is 5.60. The van der Waals surface area contributed by atoms with E-state index in [0.29, 0.717) is 19.0 Å². The molecule has 5 nitrogen and oxygen atoms in total. The average Bonchev–Trinajstić information content (AvgIpc) is 3.06. The van der Waals surface area contributed by atoms with Crippen LogP contribution in [0.25, 0.3) is 11.5 Å². The molecule has 3 N–H and O–H groups in total. The first-order valence-electron chi connectivity index (χ1n) is 7.09. The Morgan fingerprint density at radius 1 is 1.45 bits per heavy atom. The molecular weight excluding hydrogens is 254 g/mol. The number of aryl methyl sites for hydroxylation is 1. The predicted octanol–water partition coefficient (Wildman–Crippen LogP) is 2.47. The zero-order valence-corrected chi connectivity index (χ0v) is 12.3. The minimum atomic E-state index is -0.318. The van der Waals surface area contributed by atoms with Crippen LogP contribution in [0, 0.1) is 12.8 Å². The van der Waals surface area contributed by atoms with Gasteiger partial charge in [0.25, 0.3) is 0 Å². The summed E-state index contributed by atoms with van der Waals surface area (Å²) >= 11 is 0. The molecule has 0 aliphatic carbocycles. The first-order chi connectivity index (χ1) is 9.61. The minimum absolute atomic E-state index is 0.305. The summed E-state index contributed by atoms with van der Waals surface area (Å²) in [7, 11) is 0. The Bertz CT molecular complexity index is 533. The van der Waals surface area contributed by atoms with Crippen molar-refractivity contribution in [2.45, 2.75) is 39.8 Å². The molecule has 0 fully saturated rings. The van der Waals surface area contributed by atoms with Crippen LogP contribution in [0.3, 0.4) is 0 Å². The predicted molar refractivity (Wildman–Crippen MR) is 78.2 cm³/mol. The normalized spacial score (nSPS) is 14.4. The Balaban J connectivity index is 1.93. The van der Waals surface area contributed by atoms with E-state index in [9.17, 15) is 5.11 Å². The number of hydrogen-bond acceptors (Lipinski definition) is 4. The number of aliphatic hydroxyl groups excluding tert-OH is 1. The van der Waals surface area contributed by atoms with Crippen molar-refractivity contribution in [2.75, 3.05) is 6.54 Å². The lowest BCUT2D eigenvalue weighted by Gasteiger charge is -2.17. The van der Waals surface area contributed by atoms with E-state index in [1.807, 2.05) is 19.1 Å². The van der Waals surface area contributed by atoms with Gasteiger partial charge in [-0.15, -0.1) is 0 Å². The van der Waals surface area contributed by atoms with E-state index in [-0.39, 0.29) is 6.10 Å². The second-order valence-electron chi connectivity index (χ2n) is 5.26. The van der Waals surface area contributed by atoms with Gasteiger partial charge in [0.05, 0.1) is 12.3 Å². The molecule has 0 aliphatic heterocycles. The van der Waals surface area contributed by atoms with Crippen molar-refractivity contribution >= 4 is 0 Å². The fourth-order valence-electron chi connectivity index (χ4n) is 2.06. The number of aromatic nitrogens is 2. The van der Waals surface area contributed by atoms with Gasteiger partial charge < -0.3 is 14.8 Å². The molecule has 5 heteroatoms. The molecule has 0 aliphatic rings. The SMILES string of the molecule is CCC(C)C(O)CNCc1cn[nH]c1-c1ccc(C)o1. The van der Waals surface area contributed by atoms with E-state index in [2.05, 4.69) is 29.4 Å². The van der Waals surface area contributed by atoms with Gasteiger partial charge in [0.2, 0.25) is 0 Å². The molecule has 2 aromatic heterocycles. The highest BCUT2D eigenvalue weighted by atomic mass is 16.3. The van der Waals surface area contributed by atoms with Crippen LogP contribution in [-0.4, -0.2) is 28.0 Å². The minimum Gasteiger partial charge on any atom is -0.460 e. The number of aliphatic hydroxyl groups is 1. The number of hydrogen-bond donors (Lipinski definition) is 3. The summed E-state index contributed by atoms with van der Waals surface area (Å²) in [5.41, 5.74) is 1.93. The van der Waals surface area contributed by atoms with Gasteiger partial charge in [0.1, 0.15) is 11.5 Å². The second kappa shape index (κ2) is 6.72. The average molecular weight is 277 g/mol. The van der Waals surface area contributed by atoms with Crippen LogP contribution in [-0.2, 0) is 6.54 Å². The van der Waals surface area contributed by atoms with Crippen LogP contribution >= 0.6 is 0 Å². The molecule has 2 aromatic rings. The second-order valence-corrected chi connectivity index (χ2v) is 5.26. The molecule has 0 saturated heterocycles. The first-order valence-corrected chi connectivity index (χ1v) is 7.09. The number of H-pyrrole nitrogens is 1. The molecule has 0 aromatic carbocycles. The van der Waals surface area contributed by atoms with Crippen LogP contribution in [0.15, 0.2) is 22.7 Å². The molecule has 0 saturated carbocycles. The highest BCUT2D eigenvalue weighted by Gasteiger charge is 2.14. The topological polar surface area (TPSA) is 74.1 Å². The lowest BCUT2D eigenvalue weighted by Crippen LogP contribution is -2.31. The van der Waals surface area contributed by atoms with Gasteiger partial charge in [0, 0.05) is 18.7 Å². The van der Waals surface area contributed by atoms with Crippen molar-refractivity contribution in [2.24, 2.45) is 5.92 Å². The van der Waals surface area contributed by atoms with E-state index in [1.165, 1.54) is 0 Å². The Hall–Kier alpha value is -1.59. The van der Waals surface area contributed by atoms with Gasteiger partial charge in [-0.2, -0.15) is 5.10 Å². The number of rotatable bonds is 7. The van der Waals surface area contributed by atoms with Crippen molar-refractivity contribution in [3.8, 4) is 11.5 Å². The van der Waals surface area contributed by atoms with Crippen molar-refractivity contribution in [1.82, 2.24) is 15.5 Å². The Morgan fingerprint density at radius 2 is 2.25 bits per heavy atom. The maximum Gasteiger partial charge on any atom is 0.152 e. The molecule has 2 heterocycles. The van der Waals surface area contributed by atoms with Crippen LogP contribution in [0.2, 0.25) is 0 Å². The Kier molecular flexibility index (Phi) is 4.98. The number of nitrogens with zero attached hydrogens (tertiary/aromatic N) is 1. The largest absolute Gasteiger partial charge is 0.460 e. The van der Waals surface area contributed by atoms with E-state index < -0.39 is 0 Å². The van der Waals surface area contributed by atoms with Gasteiger partial charge >= 0.3 is 0 Å². The fraction of sp³-hybridized carbons (Fsp3) is 0.533. The van der Waals surface area contributed by atoms with Gasteiger partial charge in [-0.1, -0.05) is 20.3 Å². The quantitative estimate of drug-likeness (QED) is 0.727. The van der Waals surface area contributed by atoms with Gasteiger partial charge in [0.15, 0.2) is 5.76 Å². The first kappa shape index (κ1) is 14.8. The van der Waals surface area contributed by atoms with E-state index in [1.54, 1.807) is 6.20 Å². The molecule has 0 spiro atoms. The van der Waals surface area contributed by atoms with E-state index in [4.69, 9.17) is 4.42 Å². The van der Waals surface area contributed by atoms with Crippen LogP contribution in [0.4, 0.5) is 0 Å². The van der Waals surface area contributed by atoms with Crippen molar-refractivity contribution in [3.63, 3.8) is 0 Å². The Morgan fingerprint density at radius 3 is 2.90 bits per heavy atom. The van der Waals surface area contributed by atoms with Crippen molar-refractivity contribution < 1.29 is 9.52 Å². The molecule has 2 atom stereocenters. The number of nitrogens with one attached hydrogen (secondary N) is 2. The molecule has 0 amide bonds. The highest BCUT2D eigenvalue weighted by molar-refractivity contribution is 5.56. The summed E-state index contributed by atoms with van der Waals surface area (Å²) in [5.74, 6) is 1.97. The van der Waals surface area contributed by atoms with Gasteiger partial charge in [-0.25, -0.2) is 0 Å². The molecule has 2 unspecified atom stereocenters. The maximum absolute atomic E-state index is 9.93. The van der Waals surface area contributed by atoms with Crippen molar-refractivity contribution in [3.05, 3.63) is 29.7 Å². The molecule has 0 bridgehead atoms. The van der Waals surface area contributed by atoms with Crippen LogP contribution in [0.5, 0.6) is 0 Å². The highest BCUT2D eigenvalue weighted by Crippen LogP contribution is 2.23. The molecule has 0 radical (unpaired) electrons. The summed E-state index contributed by atoms with van der Waals surface area (Å²) in [6.45, 7) is 7.29. The standard InChI is InChI=1S/C15H23N3O2/c1-4-10(2)13(19)9-16-7-12-8-17-18-15(12)14-6-5-11(3)20-14/h5-6,8,10,13,16,19H,4,7,9H2,1-3H3,(H,17,18). The third-order valence-corrected chi connectivity index (χ3v) is 3.67. The molecule has 110 valence electrons. The fourth-order valence-corrected chi connectivity index (χ4v) is 2.06. The van der Waals surface area contributed by atoms with Gasteiger partial charge in [-0.3, -0.25) is 5.10 Å². The Labute approximate surface area is 119 Å². The van der Waals surface area contributed by atoms with Crippen LogP contribution < -0.4 is 5.32 Å². The van der Waals surface area contributed by atoms with Crippen molar-refractivity contribution in [1.29, 1.82) is 0 Å². The lowest BCUT2D eigenvalue weighted by molar-refractivity contribution is 0.113. The van der Waals surface area contributed by atoms with E-state index in [0.717, 1.165) is 29.2 Å². The maximum atomic E-state index is 9.93. The summed E-state index contributed by atoms with van der Waals surface area (Å²) in [5, 5.41) is 20.2. The van der Waals surface area contributed by atoms with E-state index >= 15 is 0 Å². The molecule has 2 rings (SSSR count). The third-order valence-electron chi connectivity index (χ3n) is 3.67. The molecular formula is C15H23N3O2. The van der Waals surface area contributed by atoms with Crippen LogP contribution in [0.1, 0.15) is 31.6 Å². The third kappa shape index (κ3) is 3.49. The monoisotopic (exact) mass is 277 g/mol. The van der Waals surface area contributed by atoms with Gasteiger partial charge in [-0.05, 0) is 25.0 Å². The smallest absolute Gasteiger partial charge is 0.152 e. The summed E-state index contributed by atoms with van der Waals surface area (Å²) in [6.07, 6.45) is 2.45. The number of aromatic amines is 1. The summed E-state index contributed by atoms with van der Waals surface area (Å²) in [6, 6.07) is 3.86. The summed E-state index contributed by atoms with van der Waals surface area (Å²) in [4.78, 5) is 0.